The molecule has 72 valence electrons. The van der Waals surface area contributed by atoms with Crippen molar-refractivity contribution >= 4 is 22.4 Å². The van der Waals surface area contributed by atoms with Gasteiger partial charge in [0.25, 0.3) is 0 Å². The summed E-state index contributed by atoms with van der Waals surface area (Å²) in [6, 6.07) is 7.55. The maximum absolute atomic E-state index is 5.04. The first-order valence-corrected chi connectivity index (χ1v) is 4.72. The van der Waals surface area contributed by atoms with E-state index >= 15 is 0 Å². The summed E-state index contributed by atoms with van der Waals surface area (Å²) in [5, 5.41) is 11.0. The van der Waals surface area contributed by atoms with Crippen LogP contribution in [0.2, 0.25) is 0 Å². The predicted octanol–water partition coefficient (Wildman–Crippen LogP) is 1.69. The Morgan fingerprint density at radius 1 is 1.29 bits per heavy atom. The summed E-state index contributed by atoms with van der Waals surface area (Å²) in [4.78, 5) is 0. The molecule has 0 spiro atoms. The number of aromatic nitrogens is 3. The van der Waals surface area contributed by atoms with Crippen molar-refractivity contribution < 1.29 is 4.74 Å². The first-order valence-electron chi connectivity index (χ1n) is 3.94. The molecular weight excluding hydrogens is 200 g/mol. The van der Waals surface area contributed by atoms with Crippen LogP contribution in [0.3, 0.4) is 0 Å². The predicted molar refractivity (Wildman–Crippen MR) is 54.0 cm³/mol. The van der Waals surface area contributed by atoms with E-state index in [0.717, 1.165) is 11.4 Å². The van der Waals surface area contributed by atoms with Gasteiger partial charge in [-0.15, -0.1) is 0 Å². The van der Waals surface area contributed by atoms with Crippen molar-refractivity contribution in [1.29, 1.82) is 0 Å². The third-order valence-corrected chi connectivity index (χ3v) is 2.15. The molecule has 5 nitrogen and oxygen atoms in total. The third-order valence-electron chi connectivity index (χ3n) is 1.64. The standard InChI is InChI=1S/C8H8N4OS/c1-13-7-4-2-6(3-5-7)9-8-10-11-12-14-8/h2-5H,1H3,(H,9,10,12). The van der Waals surface area contributed by atoms with E-state index in [-0.39, 0.29) is 0 Å². The van der Waals surface area contributed by atoms with Crippen molar-refractivity contribution in [3.8, 4) is 5.75 Å². The highest BCUT2D eigenvalue weighted by Gasteiger charge is 1.98. The van der Waals surface area contributed by atoms with Gasteiger partial charge in [-0.1, -0.05) is 9.59 Å². The Labute approximate surface area is 84.9 Å². The zero-order chi connectivity index (χ0) is 9.80. The van der Waals surface area contributed by atoms with Crippen LogP contribution >= 0.6 is 11.5 Å². The number of nitrogens with one attached hydrogen (secondary N) is 1. The molecule has 0 atom stereocenters. The largest absolute Gasteiger partial charge is 0.497 e. The normalized spacial score (nSPS) is 9.79. The van der Waals surface area contributed by atoms with Gasteiger partial charge in [0.15, 0.2) is 0 Å². The highest BCUT2D eigenvalue weighted by Crippen LogP contribution is 2.19. The summed E-state index contributed by atoms with van der Waals surface area (Å²) < 4.78 is 8.68. The van der Waals surface area contributed by atoms with Gasteiger partial charge in [-0.25, -0.2) is 0 Å². The number of anilines is 2. The third kappa shape index (κ3) is 1.97. The van der Waals surface area contributed by atoms with Crippen molar-refractivity contribution in [1.82, 2.24) is 14.8 Å². The first-order chi connectivity index (χ1) is 6.88. The fraction of sp³-hybridized carbons (Fsp3) is 0.125. The van der Waals surface area contributed by atoms with Crippen LogP contribution in [-0.4, -0.2) is 21.9 Å². The second-order valence-electron chi connectivity index (χ2n) is 2.52. The molecule has 14 heavy (non-hydrogen) atoms. The van der Waals surface area contributed by atoms with E-state index in [0.29, 0.717) is 5.13 Å². The molecule has 0 fully saturated rings. The van der Waals surface area contributed by atoms with Crippen LogP contribution in [0.1, 0.15) is 0 Å². The fourth-order valence-electron chi connectivity index (χ4n) is 0.980. The van der Waals surface area contributed by atoms with Crippen LogP contribution in [0.5, 0.6) is 5.75 Å². The van der Waals surface area contributed by atoms with Crippen molar-refractivity contribution in [3.05, 3.63) is 24.3 Å². The van der Waals surface area contributed by atoms with Crippen LogP contribution in [0.4, 0.5) is 10.8 Å². The quantitative estimate of drug-likeness (QED) is 0.831. The second-order valence-corrected chi connectivity index (χ2v) is 3.25. The van der Waals surface area contributed by atoms with Gasteiger partial charge in [-0.2, -0.15) is 0 Å². The smallest absolute Gasteiger partial charge is 0.229 e. The molecule has 0 saturated carbocycles. The average molecular weight is 208 g/mol. The summed E-state index contributed by atoms with van der Waals surface area (Å²) in [7, 11) is 1.64. The number of rotatable bonds is 3. The molecule has 0 amide bonds. The first kappa shape index (κ1) is 8.89. The number of hydrogen-bond acceptors (Lipinski definition) is 6. The molecule has 0 bridgehead atoms. The van der Waals surface area contributed by atoms with E-state index in [2.05, 4.69) is 20.1 Å². The maximum atomic E-state index is 5.04. The molecule has 6 heteroatoms. The molecule has 0 aliphatic heterocycles. The molecule has 2 rings (SSSR count). The van der Waals surface area contributed by atoms with Gasteiger partial charge in [0.2, 0.25) is 5.13 Å². The van der Waals surface area contributed by atoms with E-state index < -0.39 is 0 Å². The zero-order valence-corrected chi connectivity index (χ0v) is 8.28. The molecule has 0 aliphatic carbocycles. The van der Waals surface area contributed by atoms with Gasteiger partial charge >= 0.3 is 0 Å². The molecule has 2 aromatic rings. The Morgan fingerprint density at radius 2 is 2.07 bits per heavy atom. The van der Waals surface area contributed by atoms with E-state index in [4.69, 9.17) is 4.74 Å². The Morgan fingerprint density at radius 3 is 2.64 bits per heavy atom. The average Bonchev–Trinajstić information content (AvgIpc) is 2.72. The van der Waals surface area contributed by atoms with E-state index in [1.165, 1.54) is 11.5 Å². The molecule has 0 aliphatic rings. The fourth-order valence-corrected chi connectivity index (χ4v) is 1.37. The second kappa shape index (κ2) is 4.01. The molecule has 1 heterocycles. The van der Waals surface area contributed by atoms with E-state index in [1.807, 2.05) is 24.3 Å². The number of hydrogen-bond donors (Lipinski definition) is 1. The van der Waals surface area contributed by atoms with Crippen molar-refractivity contribution in [2.24, 2.45) is 0 Å². The van der Waals surface area contributed by atoms with Crippen molar-refractivity contribution in [2.75, 3.05) is 12.4 Å². The molecule has 0 unspecified atom stereocenters. The molecule has 1 N–H and O–H groups in total. The minimum atomic E-state index is 0.676. The van der Waals surface area contributed by atoms with Crippen LogP contribution in [0.25, 0.3) is 0 Å². The van der Waals surface area contributed by atoms with Crippen molar-refractivity contribution in [2.45, 2.75) is 0 Å². The van der Waals surface area contributed by atoms with Crippen LogP contribution in [0.15, 0.2) is 24.3 Å². The molecular formula is C8H8N4OS. The summed E-state index contributed by atoms with van der Waals surface area (Å²) in [5.41, 5.74) is 0.935. The lowest BCUT2D eigenvalue weighted by Crippen LogP contribution is -1.89. The lowest BCUT2D eigenvalue weighted by atomic mass is 10.3. The highest BCUT2D eigenvalue weighted by atomic mass is 32.1. The Hall–Kier alpha value is -1.69. The number of ether oxygens (including phenoxy) is 1. The molecule has 0 saturated heterocycles. The van der Waals surface area contributed by atoms with Gasteiger partial charge in [-0.3, -0.25) is 0 Å². The van der Waals surface area contributed by atoms with Crippen LogP contribution in [0, 0.1) is 0 Å². The van der Waals surface area contributed by atoms with Gasteiger partial charge in [-0.05, 0) is 29.5 Å². The summed E-state index contributed by atoms with van der Waals surface area (Å²) in [6.07, 6.45) is 0. The lowest BCUT2D eigenvalue weighted by Gasteiger charge is -2.02. The van der Waals surface area contributed by atoms with Crippen molar-refractivity contribution in [3.63, 3.8) is 0 Å². The number of methoxy groups -OCH3 is 1. The lowest BCUT2D eigenvalue weighted by molar-refractivity contribution is 0.415. The van der Waals surface area contributed by atoms with Gasteiger partial charge < -0.3 is 10.1 Å². The van der Waals surface area contributed by atoms with Crippen LogP contribution in [-0.2, 0) is 0 Å². The van der Waals surface area contributed by atoms with Gasteiger partial charge in [0, 0.05) is 17.2 Å². The summed E-state index contributed by atoms with van der Waals surface area (Å²) in [5.74, 6) is 0.825. The van der Waals surface area contributed by atoms with Gasteiger partial charge in [0.05, 0.1) is 7.11 Å². The Bertz CT molecular complexity index is 386. The van der Waals surface area contributed by atoms with E-state index in [1.54, 1.807) is 7.11 Å². The number of benzene rings is 1. The van der Waals surface area contributed by atoms with Crippen LogP contribution < -0.4 is 10.1 Å². The minimum Gasteiger partial charge on any atom is -0.497 e. The molecule has 1 aromatic heterocycles. The summed E-state index contributed by atoms with van der Waals surface area (Å²) in [6.45, 7) is 0. The minimum absolute atomic E-state index is 0.676. The summed E-state index contributed by atoms with van der Waals surface area (Å²) >= 11 is 1.21. The number of nitrogens with zero attached hydrogens (tertiary/aromatic N) is 3. The maximum Gasteiger partial charge on any atom is 0.229 e. The highest BCUT2D eigenvalue weighted by molar-refractivity contribution is 7.09. The van der Waals surface area contributed by atoms with E-state index in [9.17, 15) is 0 Å². The SMILES string of the molecule is COc1ccc(Nc2nnns2)cc1. The monoisotopic (exact) mass is 208 g/mol. The Kier molecular flexibility index (Phi) is 2.55. The molecule has 0 radical (unpaired) electrons. The zero-order valence-electron chi connectivity index (χ0n) is 7.47. The van der Waals surface area contributed by atoms with Gasteiger partial charge in [0.1, 0.15) is 5.75 Å². The Balaban J connectivity index is 2.10. The topological polar surface area (TPSA) is 59.9 Å². The molecule has 1 aromatic carbocycles.